The maximum atomic E-state index is 6.09. The Bertz CT molecular complexity index is 461. The van der Waals surface area contributed by atoms with Gasteiger partial charge in [-0.2, -0.15) is 0 Å². The van der Waals surface area contributed by atoms with E-state index >= 15 is 0 Å². The number of likely N-dealkylation sites (N-methyl/N-ethyl adjacent to an activating group) is 1. The Balaban J connectivity index is 2.23. The van der Waals surface area contributed by atoms with E-state index in [2.05, 4.69) is 48.9 Å². The second kappa shape index (κ2) is 7.25. The van der Waals surface area contributed by atoms with Crippen LogP contribution in [0.4, 0.5) is 5.69 Å². The first-order chi connectivity index (χ1) is 10.1. The summed E-state index contributed by atoms with van der Waals surface area (Å²) < 4.78 is 5.25. The monoisotopic (exact) mass is 291 g/mol. The topological polar surface area (TPSA) is 41.7 Å². The summed E-state index contributed by atoms with van der Waals surface area (Å²) in [7, 11) is 3.91. The largest absolute Gasteiger partial charge is 0.383 e. The van der Waals surface area contributed by atoms with Crippen molar-refractivity contribution in [3.8, 4) is 0 Å². The Morgan fingerprint density at radius 2 is 2.14 bits per heavy atom. The van der Waals surface area contributed by atoms with E-state index < -0.39 is 0 Å². The fraction of sp³-hybridized carbons (Fsp3) is 0.647. The van der Waals surface area contributed by atoms with Gasteiger partial charge in [0.1, 0.15) is 0 Å². The van der Waals surface area contributed by atoms with Gasteiger partial charge in [0.15, 0.2) is 0 Å². The number of rotatable bonds is 7. The standard InChI is InChI=1S/C17H29N3O/c1-13(2)20(9-10-21-4)17(12-18)14-5-6-16-15(11-14)7-8-19(16)3/h5-6,11,13,17H,7-10,12,18H2,1-4H3. The number of hydrogen-bond donors (Lipinski definition) is 1. The Labute approximate surface area is 128 Å². The van der Waals surface area contributed by atoms with Crippen molar-refractivity contribution in [1.29, 1.82) is 0 Å². The lowest BCUT2D eigenvalue weighted by Gasteiger charge is -2.34. The van der Waals surface area contributed by atoms with Gasteiger partial charge in [-0.05, 0) is 37.5 Å². The Kier molecular flexibility index (Phi) is 5.62. The summed E-state index contributed by atoms with van der Waals surface area (Å²) in [5, 5.41) is 0. The third-order valence-electron chi connectivity index (χ3n) is 4.46. The zero-order valence-electron chi connectivity index (χ0n) is 13.8. The smallest absolute Gasteiger partial charge is 0.0590 e. The molecule has 4 nitrogen and oxygen atoms in total. The molecule has 1 aromatic carbocycles. The van der Waals surface area contributed by atoms with Crippen LogP contribution in [0.15, 0.2) is 18.2 Å². The molecule has 1 aromatic rings. The molecule has 0 fully saturated rings. The van der Waals surface area contributed by atoms with Crippen LogP contribution in [0.25, 0.3) is 0 Å². The summed E-state index contributed by atoms with van der Waals surface area (Å²) in [6.45, 7) is 7.84. The molecule has 4 heteroatoms. The number of nitrogens with two attached hydrogens (primary N) is 1. The molecule has 0 bridgehead atoms. The van der Waals surface area contributed by atoms with Crippen molar-refractivity contribution in [2.75, 3.05) is 45.3 Å². The molecule has 0 saturated heterocycles. The van der Waals surface area contributed by atoms with Crippen molar-refractivity contribution in [3.63, 3.8) is 0 Å². The fourth-order valence-electron chi connectivity index (χ4n) is 3.23. The molecule has 0 amide bonds. The molecule has 118 valence electrons. The van der Waals surface area contributed by atoms with E-state index in [1.807, 2.05) is 0 Å². The molecule has 2 N–H and O–H groups in total. The van der Waals surface area contributed by atoms with E-state index in [1.54, 1.807) is 7.11 Å². The Hall–Kier alpha value is -1.10. The highest BCUT2D eigenvalue weighted by Crippen LogP contribution is 2.31. The summed E-state index contributed by atoms with van der Waals surface area (Å²) in [6, 6.07) is 7.54. The molecule has 0 aromatic heterocycles. The molecule has 1 unspecified atom stereocenters. The number of anilines is 1. The lowest BCUT2D eigenvalue weighted by molar-refractivity contribution is 0.0979. The minimum absolute atomic E-state index is 0.261. The predicted molar refractivity (Wildman–Crippen MR) is 88.9 cm³/mol. The van der Waals surface area contributed by atoms with E-state index in [0.717, 1.165) is 26.1 Å². The molecule has 1 aliphatic rings. The van der Waals surface area contributed by atoms with E-state index in [4.69, 9.17) is 10.5 Å². The summed E-state index contributed by atoms with van der Waals surface area (Å²) >= 11 is 0. The molecule has 21 heavy (non-hydrogen) atoms. The average Bonchev–Trinajstić information content (AvgIpc) is 2.84. The lowest BCUT2D eigenvalue weighted by Crippen LogP contribution is -2.40. The maximum Gasteiger partial charge on any atom is 0.0590 e. The Morgan fingerprint density at radius 1 is 1.38 bits per heavy atom. The predicted octanol–water partition coefficient (Wildman–Crippen LogP) is 2.04. The highest BCUT2D eigenvalue weighted by atomic mass is 16.5. The summed E-state index contributed by atoms with van der Waals surface area (Å²) in [6.07, 6.45) is 1.14. The van der Waals surface area contributed by atoms with Gasteiger partial charge in [-0.3, -0.25) is 4.90 Å². The van der Waals surface area contributed by atoms with E-state index in [0.29, 0.717) is 12.6 Å². The number of fused-ring (bicyclic) bond motifs is 1. The van der Waals surface area contributed by atoms with Gasteiger partial charge < -0.3 is 15.4 Å². The number of hydrogen-bond acceptors (Lipinski definition) is 4. The van der Waals surface area contributed by atoms with Crippen LogP contribution in [0.5, 0.6) is 0 Å². The first-order valence-electron chi connectivity index (χ1n) is 7.87. The molecular formula is C17H29N3O. The molecule has 1 heterocycles. The van der Waals surface area contributed by atoms with E-state index in [1.165, 1.54) is 16.8 Å². The van der Waals surface area contributed by atoms with Crippen LogP contribution in [0, 0.1) is 0 Å². The third-order valence-corrected chi connectivity index (χ3v) is 4.46. The molecule has 1 atom stereocenters. The lowest BCUT2D eigenvalue weighted by atomic mass is 10.00. The van der Waals surface area contributed by atoms with Gasteiger partial charge in [-0.25, -0.2) is 0 Å². The van der Waals surface area contributed by atoms with Crippen LogP contribution in [0.3, 0.4) is 0 Å². The Morgan fingerprint density at radius 3 is 2.76 bits per heavy atom. The quantitative estimate of drug-likeness (QED) is 0.835. The SMILES string of the molecule is COCCN(C(C)C)C(CN)c1ccc2c(c1)CCN2C. The molecular weight excluding hydrogens is 262 g/mol. The second-order valence-electron chi connectivity index (χ2n) is 6.14. The number of nitrogens with zero attached hydrogens (tertiary/aromatic N) is 2. The summed E-state index contributed by atoms with van der Waals surface area (Å²) in [5.41, 5.74) is 10.2. The first kappa shape index (κ1) is 16.3. The molecule has 0 aliphatic carbocycles. The van der Waals surface area contributed by atoms with Crippen molar-refractivity contribution in [3.05, 3.63) is 29.3 Å². The first-order valence-corrected chi connectivity index (χ1v) is 7.87. The van der Waals surface area contributed by atoms with Crippen molar-refractivity contribution in [1.82, 2.24) is 4.90 Å². The fourth-order valence-corrected chi connectivity index (χ4v) is 3.23. The van der Waals surface area contributed by atoms with E-state index in [9.17, 15) is 0 Å². The van der Waals surface area contributed by atoms with Gasteiger partial charge in [0, 0.05) is 51.6 Å². The molecule has 0 spiro atoms. The van der Waals surface area contributed by atoms with Crippen LogP contribution in [0.2, 0.25) is 0 Å². The second-order valence-corrected chi connectivity index (χ2v) is 6.14. The number of benzene rings is 1. The minimum Gasteiger partial charge on any atom is -0.383 e. The highest BCUT2D eigenvalue weighted by molar-refractivity contribution is 5.58. The average molecular weight is 291 g/mol. The van der Waals surface area contributed by atoms with Gasteiger partial charge in [-0.15, -0.1) is 0 Å². The van der Waals surface area contributed by atoms with Crippen molar-refractivity contribution < 1.29 is 4.74 Å². The van der Waals surface area contributed by atoms with Crippen molar-refractivity contribution >= 4 is 5.69 Å². The summed E-state index contributed by atoms with van der Waals surface area (Å²) in [4.78, 5) is 4.76. The van der Waals surface area contributed by atoms with Crippen molar-refractivity contribution in [2.24, 2.45) is 5.73 Å². The van der Waals surface area contributed by atoms with Gasteiger partial charge >= 0.3 is 0 Å². The number of ether oxygens (including phenoxy) is 1. The molecule has 2 rings (SSSR count). The van der Waals surface area contributed by atoms with Gasteiger partial charge in [0.05, 0.1) is 6.61 Å². The molecule has 0 radical (unpaired) electrons. The highest BCUT2D eigenvalue weighted by Gasteiger charge is 2.24. The van der Waals surface area contributed by atoms with Gasteiger partial charge in [0.2, 0.25) is 0 Å². The zero-order valence-corrected chi connectivity index (χ0v) is 13.8. The van der Waals surface area contributed by atoms with Crippen LogP contribution >= 0.6 is 0 Å². The molecule has 0 saturated carbocycles. The number of methoxy groups -OCH3 is 1. The normalized spacial score (nSPS) is 15.9. The van der Waals surface area contributed by atoms with Crippen LogP contribution < -0.4 is 10.6 Å². The van der Waals surface area contributed by atoms with Crippen LogP contribution in [-0.2, 0) is 11.2 Å². The zero-order chi connectivity index (χ0) is 15.4. The van der Waals surface area contributed by atoms with Crippen LogP contribution in [-0.4, -0.2) is 51.3 Å². The van der Waals surface area contributed by atoms with E-state index in [-0.39, 0.29) is 6.04 Å². The van der Waals surface area contributed by atoms with Crippen LogP contribution in [0.1, 0.15) is 31.0 Å². The minimum atomic E-state index is 0.261. The maximum absolute atomic E-state index is 6.09. The van der Waals surface area contributed by atoms with Gasteiger partial charge in [0.25, 0.3) is 0 Å². The van der Waals surface area contributed by atoms with Crippen molar-refractivity contribution in [2.45, 2.75) is 32.4 Å². The van der Waals surface area contributed by atoms with Gasteiger partial charge in [-0.1, -0.05) is 12.1 Å². The summed E-state index contributed by atoms with van der Waals surface area (Å²) in [5.74, 6) is 0. The molecule has 1 aliphatic heterocycles. The third kappa shape index (κ3) is 3.57.